The van der Waals surface area contributed by atoms with Crippen LogP contribution in [0.3, 0.4) is 0 Å². The van der Waals surface area contributed by atoms with Crippen LogP contribution in [0.15, 0.2) is 121 Å². The fourth-order valence-corrected chi connectivity index (χ4v) is 12.3. The van der Waals surface area contributed by atoms with Gasteiger partial charge >= 0.3 is 0 Å². The summed E-state index contributed by atoms with van der Waals surface area (Å²) in [6.07, 6.45) is 3.41. The van der Waals surface area contributed by atoms with Gasteiger partial charge in [-0.1, -0.05) is 72.8 Å². The Hall–Kier alpha value is -2.31. The van der Waals surface area contributed by atoms with Gasteiger partial charge in [0, 0.05) is 65.7 Å². The van der Waals surface area contributed by atoms with Crippen LogP contribution in [-0.4, -0.2) is 70.7 Å². The molecule has 0 aromatic heterocycles. The van der Waals surface area contributed by atoms with Crippen LogP contribution in [0.2, 0.25) is 0 Å². The van der Waals surface area contributed by atoms with E-state index in [2.05, 4.69) is 147 Å². The fraction of sp³-hybridized carbons (Fsp3) is 0.257. The van der Waals surface area contributed by atoms with Gasteiger partial charge in [-0.15, -0.1) is 0 Å². The normalized spacial score (nSPS) is 20.8. The van der Waals surface area contributed by atoms with E-state index in [0.29, 0.717) is 12.3 Å². The summed E-state index contributed by atoms with van der Waals surface area (Å²) in [6, 6.07) is 46.8. The Labute approximate surface area is 272 Å². The minimum absolute atomic E-state index is 0. The molecule has 223 valence electrons. The molecule has 3 aliphatic rings. The van der Waals surface area contributed by atoms with Crippen LogP contribution in [0.4, 0.5) is 0 Å². The van der Waals surface area contributed by atoms with Crippen molar-refractivity contribution in [1.82, 2.24) is 19.1 Å². The largest absolute Gasteiger partial charge is 0.310 e. The Balaban J connectivity index is 0.000000885. The van der Waals surface area contributed by atoms with Crippen molar-refractivity contribution in [2.24, 2.45) is 0 Å². The molecule has 1 radical (unpaired) electrons. The molecule has 3 fully saturated rings. The maximum absolute atomic E-state index is 7.32. The predicted molar refractivity (Wildman–Crippen MR) is 181 cm³/mol. The molecule has 3 saturated heterocycles. The maximum atomic E-state index is 7.32. The molecule has 4 aromatic rings. The average Bonchev–Trinajstić information content (AvgIpc) is 3.57. The second-order valence-electron chi connectivity index (χ2n) is 10.9. The molecule has 8 heteroatoms. The van der Waals surface area contributed by atoms with Gasteiger partial charge in [-0.2, -0.15) is 14.6 Å². The molecule has 5 nitrogen and oxygen atoms in total. The SMILES string of the molecule is CC#N.[Rh].c1ccc([PH+](c2ccccc2)N2CCN3CCN4CCN([PH+](c5ccccc5)c5ccccc5)C4[CH-]C32)cc1. The third kappa shape index (κ3) is 7.17. The number of rotatable bonds is 6. The molecular formula is C35H40N5P2Rh+. The van der Waals surface area contributed by atoms with Crippen LogP contribution in [0.5, 0.6) is 0 Å². The molecule has 0 spiro atoms. The van der Waals surface area contributed by atoms with Gasteiger partial charge in [-0.25, -0.2) is 0 Å². The van der Waals surface area contributed by atoms with E-state index >= 15 is 0 Å². The molecule has 0 saturated carbocycles. The topological polar surface area (TPSA) is 36.8 Å². The minimum atomic E-state index is -1.10. The minimum Gasteiger partial charge on any atom is -0.310 e. The summed E-state index contributed by atoms with van der Waals surface area (Å²) in [5, 5.41) is 13.2. The standard InChI is InChI=1S/C33H35N4P2.C2H3N.Rh/c1-5-13-28(14-6-1)38(29-15-7-2-8-16-29)36-25-23-34-21-22-35-24-26-37(33(35)27-32(34)36)39(30-17-9-3-10-18-30)31-19-11-4-12-20-31;1-2-3;/h1-20,27,32-33H,21-26H2;1H3;/q-1;;/p+2. The van der Waals surface area contributed by atoms with Crippen molar-refractivity contribution in [3.05, 3.63) is 128 Å². The van der Waals surface area contributed by atoms with E-state index in [4.69, 9.17) is 5.26 Å². The first-order valence-corrected chi connectivity index (χ1v) is 17.8. The quantitative estimate of drug-likeness (QED) is 0.172. The monoisotopic (exact) mass is 695 g/mol. The van der Waals surface area contributed by atoms with Gasteiger partial charge < -0.3 is 9.80 Å². The van der Waals surface area contributed by atoms with Crippen molar-refractivity contribution in [3.8, 4) is 6.07 Å². The zero-order chi connectivity index (χ0) is 28.7. The summed E-state index contributed by atoms with van der Waals surface area (Å²) in [5.41, 5.74) is 0. The summed E-state index contributed by atoms with van der Waals surface area (Å²) in [5.74, 6) is 0. The summed E-state index contributed by atoms with van der Waals surface area (Å²) < 4.78 is 5.71. The first kappa shape index (κ1) is 32.1. The van der Waals surface area contributed by atoms with E-state index in [9.17, 15) is 0 Å². The molecule has 0 amide bonds. The molecular weight excluding hydrogens is 655 g/mol. The summed E-state index contributed by atoms with van der Waals surface area (Å²) in [6.45, 7) is 8.25. The van der Waals surface area contributed by atoms with Crippen LogP contribution < -0.4 is 21.2 Å². The van der Waals surface area contributed by atoms with Gasteiger partial charge in [0.15, 0.2) is 0 Å². The van der Waals surface area contributed by atoms with Gasteiger partial charge in [0.1, 0.15) is 37.4 Å². The molecule has 3 aliphatic heterocycles. The van der Waals surface area contributed by atoms with Crippen LogP contribution in [-0.2, 0) is 19.5 Å². The third-order valence-electron chi connectivity index (χ3n) is 8.43. The number of nitriles is 1. The van der Waals surface area contributed by atoms with Crippen molar-refractivity contribution < 1.29 is 19.5 Å². The number of hydrogen-bond acceptors (Lipinski definition) is 5. The van der Waals surface area contributed by atoms with Gasteiger partial charge in [0.05, 0.1) is 6.07 Å². The van der Waals surface area contributed by atoms with Crippen molar-refractivity contribution >= 4 is 37.4 Å². The molecule has 3 heterocycles. The molecule has 7 rings (SSSR count). The number of fused-ring (bicyclic) bond motifs is 2. The van der Waals surface area contributed by atoms with Gasteiger partial charge in [0.25, 0.3) is 0 Å². The smallest absolute Gasteiger partial charge is 0.134 e. The van der Waals surface area contributed by atoms with Crippen LogP contribution in [0.1, 0.15) is 6.92 Å². The Morgan fingerprint density at radius 2 is 0.791 bits per heavy atom. The molecule has 0 bridgehead atoms. The van der Waals surface area contributed by atoms with Crippen LogP contribution >= 0.6 is 16.1 Å². The van der Waals surface area contributed by atoms with Gasteiger partial charge in [-0.05, 0) is 60.9 Å². The Morgan fingerprint density at radius 1 is 0.535 bits per heavy atom. The first-order valence-electron chi connectivity index (χ1n) is 14.9. The Morgan fingerprint density at radius 3 is 1.07 bits per heavy atom. The Kier molecular flexibility index (Phi) is 11.7. The van der Waals surface area contributed by atoms with Crippen molar-refractivity contribution in [1.29, 1.82) is 5.26 Å². The molecule has 2 unspecified atom stereocenters. The number of nitrogens with zero attached hydrogens (tertiary/aromatic N) is 5. The number of benzene rings is 4. The average molecular weight is 696 g/mol. The maximum Gasteiger partial charge on any atom is 0.134 e. The summed E-state index contributed by atoms with van der Waals surface area (Å²) in [4.78, 5) is 5.48. The van der Waals surface area contributed by atoms with Crippen molar-refractivity contribution in [3.63, 3.8) is 0 Å². The van der Waals surface area contributed by atoms with Gasteiger partial charge in [0.2, 0.25) is 0 Å². The molecule has 0 aliphatic carbocycles. The van der Waals surface area contributed by atoms with E-state index in [-0.39, 0.29) is 19.5 Å². The van der Waals surface area contributed by atoms with E-state index in [1.807, 2.05) is 0 Å². The molecule has 0 N–H and O–H groups in total. The third-order valence-corrected chi connectivity index (χ3v) is 14.1. The zero-order valence-electron chi connectivity index (χ0n) is 24.6. The van der Waals surface area contributed by atoms with Gasteiger partial charge in [-0.3, -0.25) is 6.42 Å². The summed E-state index contributed by atoms with van der Waals surface area (Å²) >= 11 is 0. The Bertz CT molecular complexity index is 1260. The molecule has 2 atom stereocenters. The summed E-state index contributed by atoms with van der Waals surface area (Å²) in [7, 11) is -2.20. The van der Waals surface area contributed by atoms with Crippen LogP contribution in [0.25, 0.3) is 0 Å². The van der Waals surface area contributed by atoms with E-state index in [1.54, 1.807) is 6.07 Å². The molecule has 4 aromatic carbocycles. The first-order chi connectivity index (χ1) is 20.8. The number of hydrogen-bond donors (Lipinski definition) is 0. The second-order valence-corrected chi connectivity index (χ2v) is 15.7. The fourth-order valence-electron chi connectivity index (χ4n) is 6.61. The predicted octanol–water partition coefficient (Wildman–Crippen LogP) is 4.18. The molecule has 43 heavy (non-hydrogen) atoms. The van der Waals surface area contributed by atoms with E-state index < -0.39 is 16.1 Å². The van der Waals surface area contributed by atoms with E-state index in [0.717, 1.165) is 39.3 Å². The van der Waals surface area contributed by atoms with Crippen molar-refractivity contribution in [2.45, 2.75) is 19.3 Å². The zero-order valence-corrected chi connectivity index (χ0v) is 28.2. The van der Waals surface area contributed by atoms with Crippen LogP contribution in [0, 0.1) is 17.8 Å². The second kappa shape index (κ2) is 15.6. The van der Waals surface area contributed by atoms with E-state index in [1.165, 1.54) is 28.1 Å². The van der Waals surface area contributed by atoms with Crippen molar-refractivity contribution in [2.75, 3.05) is 39.3 Å².